The highest BCUT2D eigenvalue weighted by atomic mass is 32.1. The third-order valence-corrected chi connectivity index (χ3v) is 4.45. The summed E-state index contributed by atoms with van der Waals surface area (Å²) in [5.74, 6) is -0.514. The van der Waals surface area contributed by atoms with Gasteiger partial charge in [0.1, 0.15) is 17.2 Å². The summed E-state index contributed by atoms with van der Waals surface area (Å²) in [6.45, 7) is 4.19. The Balaban J connectivity index is 1.99. The van der Waals surface area contributed by atoms with Crippen LogP contribution in [0.4, 0.5) is 5.13 Å². The van der Waals surface area contributed by atoms with E-state index in [0.29, 0.717) is 23.1 Å². The smallest absolute Gasteiger partial charge is 0.346 e. The van der Waals surface area contributed by atoms with E-state index in [1.165, 1.54) is 24.3 Å². The lowest BCUT2D eigenvalue weighted by atomic mass is 10.4. The molecule has 0 aliphatic heterocycles. The molecule has 0 atom stereocenters. The summed E-state index contributed by atoms with van der Waals surface area (Å²) in [5.41, 5.74) is 0.706. The number of amides is 1. The Kier molecular flexibility index (Phi) is 4.92. The predicted octanol–water partition coefficient (Wildman–Crippen LogP) is 2.85. The highest BCUT2D eigenvalue weighted by Gasteiger charge is 2.14. The molecule has 112 valence electrons. The first-order chi connectivity index (χ1) is 10.0. The molecule has 0 spiro atoms. The maximum absolute atomic E-state index is 11.4. The summed E-state index contributed by atoms with van der Waals surface area (Å²) < 4.78 is 5.50. The topological polar surface area (TPSA) is 79.7 Å². The molecule has 2 rings (SSSR count). The van der Waals surface area contributed by atoms with Crippen LogP contribution in [0.2, 0.25) is 0 Å². The zero-order valence-corrected chi connectivity index (χ0v) is 13.2. The number of hydrogen-bond acceptors (Lipinski definition) is 6. The fraction of sp³-hybridized carbons (Fsp3) is 0.308. The van der Waals surface area contributed by atoms with Gasteiger partial charge in [0.2, 0.25) is 5.91 Å². The van der Waals surface area contributed by atoms with Gasteiger partial charge in [-0.05, 0) is 6.92 Å². The number of carboxylic acids is 1. The predicted molar refractivity (Wildman–Crippen MR) is 81.4 cm³/mol. The fourth-order valence-electron chi connectivity index (χ4n) is 1.64. The van der Waals surface area contributed by atoms with E-state index in [4.69, 9.17) is 9.84 Å². The van der Waals surface area contributed by atoms with Crippen molar-refractivity contribution < 1.29 is 19.4 Å². The third kappa shape index (κ3) is 3.79. The van der Waals surface area contributed by atoms with Crippen molar-refractivity contribution in [3.05, 3.63) is 27.4 Å². The minimum Gasteiger partial charge on any atom is -0.486 e. The SMILES string of the molecule is CCN(C(C)=O)c1nc(COc2csc(C(=O)O)c2)cs1. The molecule has 0 aliphatic rings. The van der Waals surface area contributed by atoms with E-state index < -0.39 is 5.97 Å². The van der Waals surface area contributed by atoms with Crippen LogP contribution < -0.4 is 9.64 Å². The summed E-state index contributed by atoms with van der Waals surface area (Å²) in [7, 11) is 0. The van der Waals surface area contributed by atoms with Crippen molar-refractivity contribution in [2.75, 3.05) is 11.4 Å². The van der Waals surface area contributed by atoms with Gasteiger partial charge in [-0.2, -0.15) is 0 Å². The second kappa shape index (κ2) is 6.68. The van der Waals surface area contributed by atoms with E-state index in [2.05, 4.69) is 4.98 Å². The molecule has 1 N–H and O–H groups in total. The first-order valence-corrected chi connectivity index (χ1v) is 7.94. The number of nitrogens with zero attached hydrogens (tertiary/aromatic N) is 2. The Morgan fingerprint density at radius 2 is 2.14 bits per heavy atom. The summed E-state index contributed by atoms with van der Waals surface area (Å²) in [4.78, 5) is 28.4. The maximum Gasteiger partial charge on any atom is 0.346 e. The number of carboxylic acid groups (broad SMARTS) is 1. The third-order valence-electron chi connectivity index (χ3n) is 2.64. The van der Waals surface area contributed by atoms with Crippen molar-refractivity contribution in [3.63, 3.8) is 0 Å². The van der Waals surface area contributed by atoms with E-state index in [1.807, 2.05) is 12.3 Å². The second-order valence-corrected chi connectivity index (χ2v) is 5.87. The molecule has 2 heterocycles. The maximum atomic E-state index is 11.4. The normalized spacial score (nSPS) is 10.4. The molecule has 2 aromatic rings. The summed E-state index contributed by atoms with van der Waals surface area (Å²) >= 11 is 2.49. The van der Waals surface area contributed by atoms with E-state index in [1.54, 1.807) is 10.3 Å². The molecule has 0 bridgehead atoms. The number of rotatable bonds is 6. The largest absolute Gasteiger partial charge is 0.486 e. The first kappa shape index (κ1) is 15.5. The quantitative estimate of drug-likeness (QED) is 0.883. The minimum absolute atomic E-state index is 0.0525. The molecule has 0 saturated heterocycles. The monoisotopic (exact) mass is 326 g/mol. The van der Waals surface area contributed by atoms with Crippen LogP contribution in [0.25, 0.3) is 0 Å². The molecule has 0 aromatic carbocycles. The van der Waals surface area contributed by atoms with Gasteiger partial charge in [-0.15, -0.1) is 22.7 Å². The van der Waals surface area contributed by atoms with Crippen molar-refractivity contribution in [1.29, 1.82) is 0 Å². The lowest BCUT2D eigenvalue weighted by Crippen LogP contribution is -2.27. The van der Waals surface area contributed by atoms with E-state index in [0.717, 1.165) is 11.3 Å². The zero-order valence-electron chi connectivity index (χ0n) is 11.5. The van der Waals surface area contributed by atoms with Crippen LogP contribution in [-0.4, -0.2) is 28.5 Å². The van der Waals surface area contributed by atoms with Crippen molar-refractivity contribution in [3.8, 4) is 5.75 Å². The van der Waals surface area contributed by atoms with Crippen LogP contribution in [-0.2, 0) is 11.4 Å². The number of thiophene rings is 1. The van der Waals surface area contributed by atoms with Gasteiger partial charge in [0.05, 0.1) is 5.69 Å². The van der Waals surface area contributed by atoms with Crippen LogP contribution in [0.3, 0.4) is 0 Å². The van der Waals surface area contributed by atoms with Crippen LogP contribution in [0.1, 0.15) is 29.2 Å². The minimum atomic E-state index is -0.967. The number of aromatic carboxylic acids is 1. The standard InChI is InChI=1S/C13H14N2O4S2/c1-3-15(8(2)16)13-14-9(6-21-13)5-19-10-4-11(12(17)18)20-7-10/h4,6-7H,3,5H2,1-2H3,(H,17,18). The Morgan fingerprint density at radius 3 is 2.71 bits per heavy atom. The van der Waals surface area contributed by atoms with Crippen molar-refractivity contribution in [2.45, 2.75) is 20.5 Å². The van der Waals surface area contributed by atoms with Crippen LogP contribution in [0, 0.1) is 0 Å². The molecule has 0 saturated carbocycles. The number of anilines is 1. The zero-order chi connectivity index (χ0) is 15.4. The number of ether oxygens (including phenoxy) is 1. The number of hydrogen-bond donors (Lipinski definition) is 1. The van der Waals surface area contributed by atoms with Gasteiger partial charge in [-0.1, -0.05) is 0 Å². The van der Waals surface area contributed by atoms with Crippen LogP contribution in [0.5, 0.6) is 5.75 Å². The Morgan fingerprint density at radius 1 is 1.38 bits per heavy atom. The highest BCUT2D eigenvalue weighted by molar-refractivity contribution is 7.14. The van der Waals surface area contributed by atoms with Crippen LogP contribution in [0.15, 0.2) is 16.8 Å². The molecule has 0 radical (unpaired) electrons. The number of aromatic nitrogens is 1. The van der Waals surface area contributed by atoms with Gasteiger partial charge in [0.15, 0.2) is 5.13 Å². The molecule has 1 amide bonds. The summed E-state index contributed by atoms with van der Waals surface area (Å²) in [6.07, 6.45) is 0. The average Bonchev–Trinajstić information content (AvgIpc) is 3.05. The van der Waals surface area contributed by atoms with Gasteiger partial charge in [-0.25, -0.2) is 9.78 Å². The van der Waals surface area contributed by atoms with Crippen molar-refractivity contribution in [1.82, 2.24) is 4.98 Å². The average molecular weight is 326 g/mol. The molecular weight excluding hydrogens is 312 g/mol. The molecule has 0 unspecified atom stereocenters. The molecule has 0 fully saturated rings. The Hall–Kier alpha value is -1.93. The Labute approximate surface area is 129 Å². The van der Waals surface area contributed by atoms with E-state index in [-0.39, 0.29) is 17.4 Å². The molecule has 6 nitrogen and oxygen atoms in total. The van der Waals surface area contributed by atoms with Crippen molar-refractivity contribution >= 4 is 39.7 Å². The van der Waals surface area contributed by atoms with Gasteiger partial charge in [0.25, 0.3) is 0 Å². The molecule has 0 aliphatic carbocycles. The number of carbonyl (C=O) groups is 2. The lowest BCUT2D eigenvalue weighted by Gasteiger charge is -2.14. The molecule has 8 heteroatoms. The lowest BCUT2D eigenvalue weighted by molar-refractivity contribution is -0.116. The molecular formula is C13H14N2O4S2. The van der Waals surface area contributed by atoms with Gasteiger partial charge in [-0.3, -0.25) is 9.69 Å². The van der Waals surface area contributed by atoms with Gasteiger partial charge in [0, 0.05) is 30.3 Å². The summed E-state index contributed by atoms with van der Waals surface area (Å²) in [5, 5.41) is 12.9. The van der Waals surface area contributed by atoms with E-state index >= 15 is 0 Å². The van der Waals surface area contributed by atoms with Gasteiger partial charge < -0.3 is 9.84 Å². The number of carbonyl (C=O) groups excluding carboxylic acids is 1. The Bertz CT molecular complexity index is 650. The summed E-state index contributed by atoms with van der Waals surface area (Å²) in [6, 6.07) is 1.48. The van der Waals surface area contributed by atoms with Crippen LogP contribution >= 0.6 is 22.7 Å². The molecule has 21 heavy (non-hydrogen) atoms. The molecule has 2 aromatic heterocycles. The highest BCUT2D eigenvalue weighted by Crippen LogP contribution is 2.24. The fourth-order valence-corrected chi connectivity index (χ4v) is 3.22. The first-order valence-electron chi connectivity index (χ1n) is 6.18. The van der Waals surface area contributed by atoms with Gasteiger partial charge >= 0.3 is 5.97 Å². The van der Waals surface area contributed by atoms with E-state index in [9.17, 15) is 9.59 Å². The van der Waals surface area contributed by atoms with Crippen molar-refractivity contribution in [2.24, 2.45) is 0 Å². The number of thiazole rings is 1. The second-order valence-electron chi connectivity index (χ2n) is 4.13.